The molecule has 5 nitrogen and oxygen atoms in total. The number of hydrogen-bond acceptors (Lipinski definition) is 3. The van der Waals surface area contributed by atoms with E-state index >= 15 is 0 Å². The highest BCUT2D eigenvalue weighted by atomic mass is 16.2. The molecule has 1 atom stereocenters. The first-order valence-electron chi connectivity index (χ1n) is 4.15. The van der Waals surface area contributed by atoms with Crippen molar-refractivity contribution >= 4 is 12.3 Å². The monoisotopic (exact) mass is 181 g/mol. The van der Waals surface area contributed by atoms with Gasteiger partial charge in [0, 0.05) is 6.54 Å². The van der Waals surface area contributed by atoms with Crippen molar-refractivity contribution < 1.29 is 9.59 Å². The summed E-state index contributed by atoms with van der Waals surface area (Å²) in [7, 11) is 0. The van der Waals surface area contributed by atoms with Gasteiger partial charge in [0.15, 0.2) is 0 Å². The molecule has 13 heavy (non-hydrogen) atoms. The number of amides is 2. The van der Waals surface area contributed by atoms with Crippen LogP contribution in [0.15, 0.2) is 0 Å². The molecule has 0 radical (unpaired) electrons. The number of hydrogen-bond donors (Lipinski definition) is 1. The maximum atomic E-state index is 11.3. The van der Waals surface area contributed by atoms with Crippen molar-refractivity contribution in [3.05, 3.63) is 0 Å². The fourth-order valence-corrected chi connectivity index (χ4v) is 1.43. The number of likely N-dealkylation sites (tertiary alicyclic amines) is 1. The van der Waals surface area contributed by atoms with Crippen molar-refractivity contribution in [3.63, 3.8) is 0 Å². The van der Waals surface area contributed by atoms with Gasteiger partial charge < -0.3 is 10.2 Å². The average molecular weight is 181 g/mol. The number of carbonyl (C=O) groups is 2. The first-order chi connectivity index (χ1) is 6.29. The minimum atomic E-state index is -0.305. The molecular weight excluding hydrogens is 170 g/mol. The van der Waals surface area contributed by atoms with Gasteiger partial charge in [-0.25, -0.2) is 0 Å². The smallest absolute Gasteiger partial charge is 0.243 e. The molecule has 0 aliphatic carbocycles. The van der Waals surface area contributed by atoms with Gasteiger partial charge in [-0.05, 0) is 12.8 Å². The molecule has 0 bridgehead atoms. The predicted octanol–water partition coefficient (Wildman–Crippen LogP) is -0.753. The summed E-state index contributed by atoms with van der Waals surface area (Å²) < 4.78 is 0. The molecule has 2 amide bonds. The van der Waals surface area contributed by atoms with Crippen molar-refractivity contribution in [2.45, 2.75) is 18.9 Å². The van der Waals surface area contributed by atoms with Gasteiger partial charge in [0.1, 0.15) is 6.04 Å². The Morgan fingerprint density at radius 1 is 1.77 bits per heavy atom. The number of nitriles is 1. The zero-order valence-electron chi connectivity index (χ0n) is 7.19. The molecule has 0 aromatic heterocycles. The Kier molecular flexibility index (Phi) is 3.26. The van der Waals surface area contributed by atoms with E-state index in [4.69, 9.17) is 5.26 Å². The van der Waals surface area contributed by atoms with Crippen LogP contribution < -0.4 is 5.32 Å². The number of carbonyl (C=O) groups excluding carboxylic acids is 2. The van der Waals surface area contributed by atoms with Gasteiger partial charge >= 0.3 is 0 Å². The van der Waals surface area contributed by atoms with Gasteiger partial charge in [-0.3, -0.25) is 9.59 Å². The molecule has 1 heterocycles. The van der Waals surface area contributed by atoms with Crippen LogP contribution in [0.4, 0.5) is 0 Å². The van der Waals surface area contributed by atoms with Crippen LogP contribution >= 0.6 is 0 Å². The molecule has 1 aliphatic heterocycles. The zero-order valence-corrected chi connectivity index (χ0v) is 7.19. The van der Waals surface area contributed by atoms with Crippen molar-refractivity contribution in [1.29, 1.82) is 5.26 Å². The van der Waals surface area contributed by atoms with E-state index in [1.54, 1.807) is 0 Å². The molecule has 0 saturated carbocycles. The summed E-state index contributed by atoms with van der Waals surface area (Å²) in [5.74, 6) is -0.184. The van der Waals surface area contributed by atoms with E-state index in [-0.39, 0.29) is 18.5 Å². The summed E-state index contributed by atoms with van der Waals surface area (Å²) in [5.41, 5.74) is 0. The van der Waals surface area contributed by atoms with Crippen molar-refractivity contribution in [3.8, 4) is 6.07 Å². The summed E-state index contributed by atoms with van der Waals surface area (Å²) in [5, 5.41) is 11.0. The first-order valence-corrected chi connectivity index (χ1v) is 4.15. The molecule has 0 unspecified atom stereocenters. The average Bonchev–Trinajstić information content (AvgIpc) is 2.61. The maximum Gasteiger partial charge on any atom is 0.243 e. The molecule has 1 aliphatic rings. The normalized spacial score (nSPS) is 20.8. The van der Waals surface area contributed by atoms with Crippen LogP contribution in [0.2, 0.25) is 0 Å². The predicted molar refractivity (Wildman–Crippen MR) is 44.4 cm³/mol. The van der Waals surface area contributed by atoms with Gasteiger partial charge in [0.25, 0.3) is 0 Å². The third-order valence-corrected chi connectivity index (χ3v) is 2.06. The van der Waals surface area contributed by atoms with Gasteiger partial charge in [0.2, 0.25) is 12.3 Å². The highest BCUT2D eigenvalue weighted by Gasteiger charge is 2.27. The Bertz CT molecular complexity index is 246. The van der Waals surface area contributed by atoms with Crippen LogP contribution in [0.1, 0.15) is 12.8 Å². The molecule has 5 heteroatoms. The van der Waals surface area contributed by atoms with E-state index < -0.39 is 0 Å². The van der Waals surface area contributed by atoms with Crippen LogP contribution in [0.3, 0.4) is 0 Å². The minimum absolute atomic E-state index is 0.0122. The van der Waals surface area contributed by atoms with Crippen molar-refractivity contribution in [2.24, 2.45) is 0 Å². The van der Waals surface area contributed by atoms with Crippen LogP contribution in [-0.4, -0.2) is 36.3 Å². The Morgan fingerprint density at radius 3 is 3.15 bits per heavy atom. The zero-order chi connectivity index (χ0) is 9.68. The van der Waals surface area contributed by atoms with Gasteiger partial charge in [-0.2, -0.15) is 5.26 Å². The van der Waals surface area contributed by atoms with Crippen LogP contribution in [0, 0.1) is 11.3 Å². The SMILES string of the molecule is N#C[C@@H]1CCCN1C(=O)CNC=O. The van der Waals surface area contributed by atoms with Gasteiger partial charge in [0.05, 0.1) is 12.6 Å². The number of nitrogens with zero attached hydrogens (tertiary/aromatic N) is 2. The Labute approximate surface area is 76.3 Å². The fraction of sp³-hybridized carbons (Fsp3) is 0.625. The minimum Gasteiger partial charge on any atom is -0.350 e. The summed E-state index contributed by atoms with van der Waals surface area (Å²) >= 11 is 0. The number of nitrogens with one attached hydrogen (secondary N) is 1. The van der Waals surface area contributed by atoms with Crippen LogP contribution in [0.25, 0.3) is 0 Å². The van der Waals surface area contributed by atoms with E-state index in [2.05, 4.69) is 11.4 Å². The second-order valence-electron chi connectivity index (χ2n) is 2.87. The van der Waals surface area contributed by atoms with Gasteiger partial charge in [-0.1, -0.05) is 0 Å². The topological polar surface area (TPSA) is 73.2 Å². The van der Waals surface area contributed by atoms with E-state index in [1.807, 2.05) is 0 Å². The first kappa shape index (κ1) is 9.52. The lowest BCUT2D eigenvalue weighted by Gasteiger charge is -2.18. The molecule has 1 saturated heterocycles. The summed E-state index contributed by atoms with van der Waals surface area (Å²) in [6, 6.07) is 1.76. The van der Waals surface area contributed by atoms with E-state index in [9.17, 15) is 9.59 Å². The standard InChI is InChI=1S/C8H11N3O2/c9-4-7-2-1-3-11(7)8(13)5-10-6-12/h6-7H,1-3,5H2,(H,10,12)/t7-/m0/s1. The summed E-state index contributed by atoms with van der Waals surface area (Å²) in [4.78, 5) is 22.8. The van der Waals surface area contributed by atoms with E-state index in [1.165, 1.54) is 4.90 Å². The lowest BCUT2D eigenvalue weighted by molar-refractivity contribution is -0.131. The molecule has 0 spiro atoms. The molecule has 0 aromatic rings. The molecule has 1 fully saturated rings. The Balaban J connectivity index is 2.46. The molecule has 70 valence electrons. The fourth-order valence-electron chi connectivity index (χ4n) is 1.43. The molecule has 0 aromatic carbocycles. The quantitative estimate of drug-likeness (QED) is 0.582. The lowest BCUT2D eigenvalue weighted by Crippen LogP contribution is -2.40. The lowest BCUT2D eigenvalue weighted by atomic mass is 10.2. The third-order valence-electron chi connectivity index (χ3n) is 2.06. The van der Waals surface area contributed by atoms with Gasteiger partial charge in [-0.15, -0.1) is 0 Å². The summed E-state index contributed by atoms with van der Waals surface area (Å²) in [6.07, 6.45) is 2.09. The molecule has 1 rings (SSSR count). The van der Waals surface area contributed by atoms with E-state index in [0.717, 1.165) is 12.8 Å². The highest BCUT2D eigenvalue weighted by Crippen LogP contribution is 2.15. The molecular formula is C8H11N3O2. The van der Waals surface area contributed by atoms with Crippen molar-refractivity contribution in [2.75, 3.05) is 13.1 Å². The van der Waals surface area contributed by atoms with E-state index in [0.29, 0.717) is 13.0 Å². The second kappa shape index (κ2) is 4.45. The largest absolute Gasteiger partial charge is 0.350 e. The highest BCUT2D eigenvalue weighted by molar-refractivity contribution is 5.80. The van der Waals surface area contributed by atoms with Crippen LogP contribution in [0.5, 0.6) is 0 Å². The summed E-state index contributed by atoms with van der Waals surface area (Å²) in [6.45, 7) is 0.610. The number of rotatable bonds is 3. The Morgan fingerprint density at radius 2 is 2.54 bits per heavy atom. The Hall–Kier alpha value is -1.57. The molecule has 1 N–H and O–H groups in total. The van der Waals surface area contributed by atoms with Crippen molar-refractivity contribution in [1.82, 2.24) is 10.2 Å². The second-order valence-corrected chi connectivity index (χ2v) is 2.87. The van der Waals surface area contributed by atoms with Crippen LogP contribution in [-0.2, 0) is 9.59 Å². The maximum absolute atomic E-state index is 11.3. The third kappa shape index (κ3) is 2.18.